The maximum absolute atomic E-state index is 2.52. The molecule has 0 aromatic heterocycles. The fraction of sp³-hybridized carbons (Fsp3) is 0.105. The highest BCUT2D eigenvalue weighted by atomic mass is 15.1. The summed E-state index contributed by atoms with van der Waals surface area (Å²) in [6, 6.07) is 94.6. The van der Waals surface area contributed by atoms with Crippen molar-refractivity contribution in [3.8, 4) is 66.8 Å². The zero-order chi connectivity index (χ0) is 51.6. The van der Waals surface area contributed by atoms with E-state index in [1.54, 1.807) is 0 Å². The maximum Gasteiger partial charge on any atom is 0.0725 e. The van der Waals surface area contributed by atoms with E-state index >= 15 is 0 Å². The maximum atomic E-state index is 2.52. The number of anilines is 3. The lowest BCUT2D eigenvalue weighted by molar-refractivity contribution is 0.660. The van der Waals surface area contributed by atoms with Crippen molar-refractivity contribution < 1.29 is 0 Å². The Morgan fingerprint density at radius 2 is 0.753 bits per heavy atom. The Morgan fingerprint density at radius 3 is 1.52 bits per heavy atom. The number of fused-ring (bicyclic) bond motifs is 15. The zero-order valence-electron chi connectivity index (χ0n) is 44.0. The van der Waals surface area contributed by atoms with Crippen molar-refractivity contribution in [2.24, 2.45) is 0 Å². The molecule has 0 fully saturated rings. The quantitative estimate of drug-likeness (QED) is 0.147. The first-order chi connectivity index (χ1) is 37.8. The predicted octanol–water partition coefficient (Wildman–Crippen LogP) is 20.2. The Hall–Kier alpha value is -9.04. The summed E-state index contributed by atoms with van der Waals surface area (Å²) in [5.41, 5.74) is 29.3. The van der Waals surface area contributed by atoms with Gasteiger partial charge in [0.1, 0.15) is 0 Å². The van der Waals surface area contributed by atoms with E-state index < -0.39 is 5.41 Å². The van der Waals surface area contributed by atoms with Gasteiger partial charge in [0, 0.05) is 22.5 Å². The molecule has 366 valence electrons. The topological polar surface area (TPSA) is 3.24 Å². The summed E-state index contributed by atoms with van der Waals surface area (Å²) < 4.78 is 0. The van der Waals surface area contributed by atoms with Crippen molar-refractivity contribution in [1.29, 1.82) is 0 Å². The van der Waals surface area contributed by atoms with Crippen LogP contribution in [0.5, 0.6) is 0 Å². The van der Waals surface area contributed by atoms with Crippen LogP contribution in [0.25, 0.3) is 88.3 Å². The lowest BCUT2D eigenvalue weighted by atomic mass is 9.70. The van der Waals surface area contributed by atoms with Crippen LogP contribution in [0, 0.1) is 0 Å². The summed E-state index contributed by atoms with van der Waals surface area (Å²) >= 11 is 0. The number of rotatable bonds is 8. The Kier molecular flexibility index (Phi) is 10.2. The molecule has 0 unspecified atom stereocenters. The summed E-state index contributed by atoms with van der Waals surface area (Å²) in [5, 5.41) is 4.93. The number of hydrogen-bond acceptors (Lipinski definition) is 1. The Morgan fingerprint density at radius 1 is 0.286 bits per heavy atom. The Bertz CT molecular complexity index is 4370. The predicted molar refractivity (Wildman–Crippen MR) is 325 cm³/mol. The van der Waals surface area contributed by atoms with Gasteiger partial charge in [0.05, 0.1) is 5.41 Å². The van der Waals surface area contributed by atoms with Crippen molar-refractivity contribution in [2.45, 2.75) is 51.4 Å². The molecule has 0 heterocycles. The fourth-order valence-corrected chi connectivity index (χ4v) is 14.2. The van der Waals surface area contributed by atoms with Crippen molar-refractivity contribution >= 4 is 38.6 Å². The first-order valence-electron chi connectivity index (χ1n) is 27.6. The Balaban J connectivity index is 0.874. The molecule has 0 atom stereocenters. The van der Waals surface area contributed by atoms with Gasteiger partial charge in [-0.05, 0) is 200 Å². The van der Waals surface area contributed by atoms with Gasteiger partial charge in [0.2, 0.25) is 0 Å². The molecule has 1 heteroatoms. The molecule has 15 rings (SSSR count). The largest absolute Gasteiger partial charge is 0.310 e. The molecule has 0 saturated heterocycles. The van der Waals surface area contributed by atoms with Gasteiger partial charge in [-0.1, -0.05) is 222 Å². The first kappa shape index (κ1) is 45.4. The van der Waals surface area contributed by atoms with Gasteiger partial charge in [-0.2, -0.15) is 0 Å². The fourth-order valence-electron chi connectivity index (χ4n) is 14.2. The highest BCUT2D eigenvalue weighted by Gasteiger charge is 2.52. The van der Waals surface area contributed by atoms with Crippen LogP contribution in [-0.2, 0) is 23.7 Å². The average Bonchev–Trinajstić information content (AvgIpc) is 4.08. The highest BCUT2D eigenvalue weighted by Crippen LogP contribution is 2.64. The van der Waals surface area contributed by atoms with Crippen LogP contribution in [0.4, 0.5) is 17.1 Å². The van der Waals surface area contributed by atoms with E-state index in [0.29, 0.717) is 0 Å². The Labute approximate surface area is 452 Å². The van der Waals surface area contributed by atoms with E-state index in [0.717, 1.165) is 29.9 Å². The standard InChI is InChI=1S/C76H57N/c1-5-48-18-9-10-21-60(48)61-40-37-58(44-49(61)6-2)77(59-38-41-66-63-22-11-14-26-68(63)75(3,4)72(66)47-59)57-36-34-53-42-52(31-32-54(53)45-57)55-35-39-67-73(46-55)76(69-27-15-12-23-64(69)65-24-13-16-28-70(65)76)71-29-17-25-62(74(67)71)56-33-30-50-19-7-8-20-51(50)43-56/h7-47H,5-6H2,1-4H3. The molecular weight excluding hydrogens is 927 g/mol. The molecule has 3 aliphatic carbocycles. The number of nitrogens with zero attached hydrogens (tertiary/aromatic N) is 1. The molecule has 77 heavy (non-hydrogen) atoms. The van der Waals surface area contributed by atoms with Crippen LogP contribution in [0.3, 0.4) is 0 Å². The number of hydrogen-bond donors (Lipinski definition) is 0. The highest BCUT2D eigenvalue weighted by molar-refractivity contribution is 6.02. The molecule has 12 aromatic rings. The van der Waals surface area contributed by atoms with E-state index in [-0.39, 0.29) is 5.41 Å². The van der Waals surface area contributed by atoms with Gasteiger partial charge < -0.3 is 4.90 Å². The van der Waals surface area contributed by atoms with Crippen LogP contribution in [0.15, 0.2) is 249 Å². The molecule has 0 amide bonds. The van der Waals surface area contributed by atoms with Gasteiger partial charge in [0.25, 0.3) is 0 Å². The number of benzene rings is 12. The summed E-state index contributed by atoms with van der Waals surface area (Å²) in [6.07, 6.45) is 1.93. The summed E-state index contributed by atoms with van der Waals surface area (Å²) in [6.45, 7) is 9.31. The van der Waals surface area contributed by atoms with Gasteiger partial charge in [-0.15, -0.1) is 0 Å². The van der Waals surface area contributed by atoms with Crippen LogP contribution in [0.2, 0.25) is 0 Å². The van der Waals surface area contributed by atoms with Gasteiger partial charge in [-0.3, -0.25) is 0 Å². The van der Waals surface area contributed by atoms with Crippen molar-refractivity contribution in [3.05, 3.63) is 293 Å². The third-order valence-corrected chi connectivity index (χ3v) is 17.8. The zero-order valence-corrected chi connectivity index (χ0v) is 44.0. The second-order valence-electron chi connectivity index (χ2n) is 22.1. The molecule has 0 aliphatic heterocycles. The van der Waals surface area contributed by atoms with Crippen LogP contribution >= 0.6 is 0 Å². The lowest BCUT2D eigenvalue weighted by Crippen LogP contribution is -2.25. The molecule has 1 spiro atoms. The van der Waals surface area contributed by atoms with Crippen LogP contribution in [0.1, 0.15) is 72.2 Å². The first-order valence-corrected chi connectivity index (χ1v) is 27.6. The summed E-state index contributed by atoms with van der Waals surface area (Å²) in [4.78, 5) is 2.49. The van der Waals surface area contributed by atoms with Crippen LogP contribution < -0.4 is 4.90 Å². The smallest absolute Gasteiger partial charge is 0.0725 e. The minimum Gasteiger partial charge on any atom is -0.310 e. The minimum absolute atomic E-state index is 0.125. The summed E-state index contributed by atoms with van der Waals surface area (Å²) in [7, 11) is 0. The normalized spacial score (nSPS) is 13.8. The monoisotopic (exact) mass is 983 g/mol. The van der Waals surface area contributed by atoms with Gasteiger partial charge >= 0.3 is 0 Å². The molecule has 12 aromatic carbocycles. The van der Waals surface area contributed by atoms with Gasteiger partial charge in [0.15, 0.2) is 0 Å². The second-order valence-corrected chi connectivity index (χ2v) is 22.1. The van der Waals surface area contributed by atoms with E-state index in [4.69, 9.17) is 0 Å². The van der Waals surface area contributed by atoms with E-state index in [1.807, 2.05) is 0 Å². The molecular formula is C76H57N. The van der Waals surface area contributed by atoms with Crippen LogP contribution in [-0.4, -0.2) is 0 Å². The summed E-state index contributed by atoms with van der Waals surface area (Å²) in [5.74, 6) is 0. The SMILES string of the molecule is CCc1ccccc1-c1ccc(N(c2ccc3c(c2)C(C)(C)c2ccccc2-3)c2ccc3cc(-c4ccc5c(c4)C4(c6ccccc6-c6ccccc64)c4cccc(-c6ccc7ccccc7c6)c4-5)ccc3c2)cc1CC. The molecule has 0 saturated carbocycles. The molecule has 3 aliphatic rings. The number of aryl methyl sites for hydroxylation is 2. The van der Waals surface area contributed by atoms with Crippen molar-refractivity contribution in [3.63, 3.8) is 0 Å². The molecule has 0 radical (unpaired) electrons. The van der Waals surface area contributed by atoms with E-state index in [2.05, 4.69) is 281 Å². The minimum atomic E-state index is -0.472. The van der Waals surface area contributed by atoms with Gasteiger partial charge in [-0.25, -0.2) is 0 Å². The third-order valence-electron chi connectivity index (χ3n) is 17.8. The average molecular weight is 984 g/mol. The van der Waals surface area contributed by atoms with E-state index in [1.165, 1.54) is 133 Å². The molecule has 0 bridgehead atoms. The van der Waals surface area contributed by atoms with Crippen molar-refractivity contribution in [2.75, 3.05) is 4.90 Å². The van der Waals surface area contributed by atoms with E-state index in [9.17, 15) is 0 Å². The molecule has 1 nitrogen and oxygen atoms in total. The second kappa shape index (κ2) is 17.2. The molecule has 0 N–H and O–H groups in total. The van der Waals surface area contributed by atoms with Crippen molar-refractivity contribution in [1.82, 2.24) is 0 Å². The lowest BCUT2D eigenvalue weighted by Gasteiger charge is -2.31. The third kappa shape index (κ3) is 6.66.